The molecular formula is C20H21N5O2S. The lowest BCUT2D eigenvalue weighted by molar-refractivity contribution is 0.0970. The molecule has 1 fully saturated rings. The Morgan fingerprint density at radius 3 is 2.61 bits per heavy atom. The third-order valence-electron chi connectivity index (χ3n) is 5.22. The normalized spacial score (nSPS) is 17.3. The number of aromatic nitrogens is 3. The van der Waals surface area contributed by atoms with Crippen molar-refractivity contribution >= 4 is 16.3 Å². The van der Waals surface area contributed by atoms with Gasteiger partial charge in [0.15, 0.2) is 0 Å². The van der Waals surface area contributed by atoms with Gasteiger partial charge in [-0.15, -0.1) is 0 Å². The van der Waals surface area contributed by atoms with Crippen molar-refractivity contribution in [3.8, 4) is 5.88 Å². The van der Waals surface area contributed by atoms with Gasteiger partial charge in [0.1, 0.15) is 18.1 Å². The molecule has 0 spiro atoms. The van der Waals surface area contributed by atoms with Crippen LogP contribution < -0.4 is 0 Å². The molecule has 1 atom stereocenters. The van der Waals surface area contributed by atoms with Crippen LogP contribution >= 0.6 is 11.3 Å². The molecule has 7 nitrogen and oxygen atoms in total. The van der Waals surface area contributed by atoms with Crippen LogP contribution in [0.3, 0.4) is 0 Å². The summed E-state index contributed by atoms with van der Waals surface area (Å²) in [5.74, 6) is 0.974. The predicted octanol–water partition coefficient (Wildman–Crippen LogP) is 3.00. The summed E-state index contributed by atoms with van der Waals surface area (Å²) in [7, 11) is 0. The summed E-state index contributed by atoms with van der Waals surface area (Å²) in [6, 6.07) is 14.3. The summed E-state index contributed by atoms with van der Waals surface area (Å²) in [5.41, 5.74) is 1.33. The van der Waals surface area contributed by atoms with Gasteiger partial charge in [-0.3, -0.25) is 9.80 Å². The van der Waals surface area contributed by atoms with E-state index in [1.165, 1.54) is 27.7 Å². The number of furan rings is 1. The van der Waals surface area contributed by atoms with E-state index in [0.717, 1.165) is 43.4 Å². The third-order valence-corrected chi connectivity index (χ3v) is 6.31. The maximum Gasteiger partial charge on any atom is 0.230 e. The lowest BCUT2D eigenvalue weighted by Gasteiger charge is -2.38. The molecule has 1 N–H and O–H groups in total. The van der Waals surface area contributed by atoms with Gasteiger partial charge in [-0.2, -0.15) is 9.61 Å². The molecule has 3 aromatic heterocycles. The standard InChI is InChI=1S/C20H21N5O2S/c26-19-18(28-20-21-14-22-25(19)20)17(16-7-4-12-27-16)24-10-8-23(9-11-24)13-15-5-2-1-3-6-15/h1-7,12,14,17,26H,8-11,13H2. The van der Waals surface area contributed by atoms with E-state index in [9.17, 15) is 5.11 Å². The Balaban J connectivity index is 1.37. The molecule has 0 aliphatic carbocycles. The fourth-order valence-electron chi connectivity index (χ4n) is 3.82. The minimum Gasteiger partial charge on any atom is -0.492 e. The number of aromatic hydroxyl groups is 1. The lowest BCUT2D eigenvalue weighted by Crippen LogP contribution is -2.47. The molecule has 0 amide bonds. The number of nitrogens with zero attached hydrogens (tertiary/aromatic N) is 5. The molecule has 1 aliphatic rings. The number of rotatable bonds is 5. The second-order valence-corrected chi connectivity index (χ2v) is 7.97. The highest BCUT2D eigenvalue weighted by Crippen LogP contribution is 2.40. The van der Waals surface area contributed by atoms with Crippen LogP contribution in [0.5, 0.6) is 5.88 Å². The summed E-state index contributed by atoms with van der Waals surface area (Å²) < 4.78 is 7.23. The second-order valence-electron chi connectivity index (χ2n) is 6.96. The zero-order valence-corrected chi connectivity index (χ0v) is 16.1. The number of piperazine rings is 1. The number of fused-ring (bicyclic) bond motifs is 1. The van der Waals surface area contributed by atoms with E-state index in [4.69, 9.17) is 4.42 Å². The topological polar surface area (TPSA) is 70.0 Å². The van der Waals surface area contributed by atoms with Crippen LogP contribution in [0, 0.1) is 0 Å². The van der Waals surface area contributed by atoms with Crippen molar-refractivity contribution in [1.29, 1.82) is 0 Å². The van der Waals surface area contributed by atoms with Crippen LogP contribution in [0.4, 0.5) is 0 Å². The largest absolute Gasteiger partial charge is 0.492 e. The first-order chi connectivity index (χ1) is 13.8. The van der Waals surface area contributed by atoms with Gasteiger partial charge in [0, 0.05) is 32.7 Å². The van der Waals surface area contributed by atoms with Gasteiger partial charge in [0.2, 0.25) is 10.8 Å². The molecule has 1 saturated heterocycles. The molecule has 1 aliphatic heterocycles. The van der Waals surface area contributed by atoms with Crippen molar-refractivity contribution in [2.75, 3.05) is 26.2 Å². The van der Waals surface area contributed by atoms with Crippen molar-refractivity contribution in [2.45, 2.75) is 12.6 Å². The Morgan fingerprint density at radius 2 is 1.89 bits per heavy atom. The molecule has 8 heteroatoms. The molecule has 4 heterocycles. The number of thiazole rings is 1. The highest BCUT2D eigenvalue weighted by Gasteiger charge is 2.33. The van der Waals surface area contributed by atoms with Gasteiger partial charge in [-0.1, -0.05) is 41.7 Å². The Hall–Kier alpha value is -2.68. The third kappa shape index (κ3) is 3.19. The minimum absolute atomic E-state index is 0.137. The smallest absolute Gasteiger partial charge is 0.230 e. The van der Waals surface area contributed by atoms with E-state index in [1.54, 1.807) is 6.26 Å². The Kier molecular flexibility index (Phi) is 4.59. The predicted molar refractivity (Wildman–Crippen MR) is 106 cm³/mol. The molecule has 0 saturated carbocycles. The molecule has 0 bridgehead atoms. The lowest BCUT2D eigenvalue weighted by atomic mass is 10.1. The molecule has 144 valence electrons. The highest BCUT2D eigenvalue weighted by atomic mass is 32.1. The minimum atomic E-state index is -0.137. The van der Waals surface area contributed by atoms with Crippen LogP contribution in [0.25, 0.3) is 4.96 Å². The SMILES string of the molecule is Oc1c(C(c2ccco2)N2CCN(Cc3ccccc3)CC2)sc2ncnn12. The molecule has 5 rings (SSSR count). The summed E-state index contributed by atoms with van der Waals surface area (Å²) >= 11 is 1.46. The Labute approximate surface area is 166 Å². The van der Waals surface area contributed by atoms with Gasteiger partial charge in [-0.25, -0.2) is 4.98 Å². The van der Waals surface area contributed by atoms with Crippen LogP contribution in [-0.2, 0) is 6.54 Å². The van der Waals surface area contributed by atoms with Gasteiger partial charge in [0.25, 0.3) is 0 Å². The van der Waals surface area contributed by atoms with E-state index < -0.39 is 0 Å². The van der Waals surface area contributed by atoms with Crippen molar-refractivity contribution in [3.05, 3.63) is 71.3 Å². The average Bonchev–Trinajstić information content (AvgIpc) is 3.46. The maximum absolute atomic E-state index is 10.7. The van der Waals surface area contributed by atoms with Gasteiger partial charge < -0.3 is 9.52 Å². The summed E-state index contributed by atoms with van der Waals surface area (Å²) in [5, 5.41) is 14.8. The fourth-order valence-corrected chi connectivity index (χ4v) is 4.89. The first-order valence-electron chi connectivity index (χ1n) is 9.35. The van der Waals surface area contributed by atoms with Crippen molar-refractivity contribution in [1.82, 2.24) is 24.4 Å². The quantitative estimate of drug-likeness (QED) is 0.560. The monoisotopic (exact) mass is 395 g/mol. The Bertz CT molecular complexity index is 1040. The second kappa shape index (κ2) is 7.38. The number of hydrogen-bond acceptors (Lipinski definition) is 7. The van der Waals surface area contributed by atoms with Crippen LogP contribution in [0.1, 0.15) is 22.2 Å². The molecule has 1 unspecified atom stereocenters. The van der Waals surface area contributed by atoms with Gasteiger partial charge in [-0.05, 0) is 17.7 Å². The van der Waals surface area contributed by atoms with E-state index in [2.05, 4.69) is 50.2 Å². The van der Waals surface area contributed by atoms with E-state index in [-0.39, 0.29) is 11.9 Å². The van der Waals surface area contributed by atoms with Crippen LogP contribution in [0.15, 0.2) is 59.5 Å². The van der Waals surface area contributed by atoms with Crippen molar-refractivity contribution in [2.24, 2.45) is 0 Å². The molecule has 0 radical (unpaired) electrons. The zero-order valence-electron chi connectivity index (χ0n) is 15.3. The van der Waals surface area contributed by atoms with Gasteiger partial charge >= 0.3 is 0 Å². The average molecular weight is 395 g/mol. The van der Waals surface area contributed by atoms with Crippen molar-refractivity contribution < 1.29 is 9.52 Å². The maximum atomic E-state index is 10.7. The molecule has 4 aromatic rings. The Morgan fingerprint density at radius 1 is 1.07 bits per heavy atom. The van der Waals surface area contributed by atoms with Gasteiger partial charge in [0.05, 0.1) is 11.1 Å². The molecule has 1 aromatic carbocycles. The van der Waals surface area contributed by atoms with Crippen LogP contribution in [0.2, 0.25) is 0 Å². The fraction of sp³-hybridized carbons (Fsp3) is 0.300. The molecular weight excluding hydrogens is 374 g/mol. The van der Waals surface area contributed by atoms with E-state index >= 15 is 0 Å². The first kappa shape index (κ1) is 17.4. The summed E-state index contributed by atoms with van der Waals surface area (Å²) in [6.07, 6.45) is 3.14. The van der Waals surface area contributed by atoms with Crippen molar-refractivity contribution in [3.63, 3.8) is 0 Å². The number of hydrogen-bond donors (Lipinski definition) is 1. The first-order valence-corrected chi connectivity index (χ1v) is 10.2. The van der Waals surface area contributed by atoms with E-state index in [0.29, 0.717) is 4.96 Å². The van der Waals surface area contributed by atoms with E-state index in [1.807, 2.05) is 12.1 Å². The zero-order chi connectivity index (χ0) is 18.9. The van der Waals surface area contributed by atoms with Crippen LogP contribution in [-0.4, -0.2) is 55.7 Å². The highest BCUT2D eigenvalue weighted by molar-refractivity contribution is 7.17. The summed E-state index contributed by atoms with van der Waals surface area (Å²) in [4.78, 5) is 10.6. The summed E-state index contributed by atoms with van der Waals surface area (Å²) in [6.45, 7) is 4.68. The molecule has 28 heavy (non-hydrogen) atoms. The number of benzene rings is 1.